The van der Waals surface area contributed by atoms with Gasteiger partial charge in [-0.05, 0) is 73.8 Å². The maximum atomic E-state index is 12.6. The smallest absolute Gasteiger partial charge is 0.259 e. The lowest BCUT2D eigenvalue weighted by atomic mass is 10.0. The molecule has 0 aliphatic carbocycles. The average Bonchev–Trinajstić information content (AvgIpc) is 2.70. The van der Waals surface area contributed by atoms with Crippen molar-refractivity contribution in [1.29, 1.82) is 0 Å². The van der Waals surface area contributed by atoms with Gasteiger partial charge in [0.15, 0.2) is 8.32 Å². The summed E-state index contributed by atoms with van der Waals surface area (Å²) in [6, 6.07) is 10.4. The Morgan fingerprint density at radius 2 is 1.70 bits per heavy atom. The number of nitrogens with zero attached hydrogens (tertiary/aromatic N) is 1. The van der Waals surface area contributed by atoms with Crippen molar-refractivity contribution in [3.8, 4) is 22.9 Å². The number of nitrogens with one attached hydrogen (secondary N) is 1. The Morgan fingerprint density at radius 3 is 2.30 bits per heavy atom. The molecule has 3 rings (SSSR count). The fourth-order valence-electron chi connectivity index (χ4n) is 4.49. The molecular weight excluding hydrogens is 432 g/mol. The molecule has 3 aromatic rings. The Labute approximate surface area is 197 Å². The standard InChI is InChI=1S/C26H36N2O4Si/c1-17-13-19(24-27-22-15-20(30-6)9-10-21(22)25(29)28-24)14-18(2)23(17)31-11-12-32-33(7,8)16-26(3,4)5/h9-10,13-15H,11-12,16H2,1-8H3,(H,27,28,29). The van der Waals surface area contributed by atoms with E-state index in [1.54, 1.807) is 25.3 Å². The van der Waals surface area contributed by atoms with Crippen LogP contribution in [0.1, 0.15) is 31.9 Å². The summed E-state index contributed by atoms with van der Waals surface area (Å²) in [5.74, 6) is 2.04. The van der Waals surface area contributed by atoms with E-state index in [0.717, 1.165) is 28.5 Å². The molecule has 0 spiro atoms. The molecule has 1 heterocycles. The van der Waals surface area contributed by atoms with Crippen LogP contribution in [0.3, 0.4) is 0 Å². The molecule has 0 saturated heterocycles. The van der Waals surface area contributed by atoms with E-state index in [-0.39, 0.29) is 11.0 Å². The lowest BCUT2D eigenvalue weighted by molar-refractivity contribution is 0.205. The summed E-state index contributed by atoms with van der Waals surface area (Å²) in [5, 5.41) is 0.533. The number of fused-ring (bicyclic) bond motifs is 1. The van der Waals surface area contributed by atoms with Gasteiger partial charge in [-0.3, -0.25) is 4.79 Å². The molecule has 33 heavy (non-hydrogen) atoms. The number of aryl methyl sites for hydroxylation is 2. The molecule has 178 valence electrons. The molecule has 0 radical (unpaired) electrons. The van der Waals surface area contributed by atoms with Crippen LogP contribution >= 0.6 is 0 Å². The SMILES string of the molecule is COc1ccc2c(=O)[nH]c(-c3cc(C)c(OCCO[Si](C)(C)CC(C)(C)C)c(C)c3)nc2c1. The van der Waals surface area contributed by atoms with Gasteiger partial charge < -0.3 is 18.9 Å². The highest BCUT2D eigenvalue weighted by Gasteiger charge is 2.29. The zero-order valence-corrected chi connectivity index (χ0v) is 22.1. The van der Waals surface area contributed by atoms with Crippen LogP contribution in [0.15, 0.2) is 35.1 Å². The molecule has 0 saturated carbocycles. The Kier molecular flexibility index (Phi) is 7.34. The maximum Gasteiger partial charge on any atom is 0.259 e. The number of hydrogen-bond acceptors (Lipinski definition) is 5. The zero-order chi connectivity index (χ0) is 24.4. The first-order valence-corrected chi connectivity index (χ1v) is 14.5. The summed E-state index contributed by atoms with van der Waals surface area (Å²) < 4.78 is 17.6. The quantitative estimate of drug-likeness (QED) is 0.331. The Bertz CT molecular complexity index is 1170. The van der Waals surface area contributed by atoms with E-state index in [2.05, 4.69) is 43.8 Å². The number of aromatic nitrogens is 2. The Balaban J connectivity index is 1.76. The van der Waals surface area contributed by atoms with Crippen LogP contribution in [0.2, 0.25) is 19.1 Å². The summed E-state index contributed by atoms with van der Waals surface area (Å²) >= 11 is 0. The molecule has 2 aromatic carbocycles. The van der Waals surface area contributed by atoms with Crippen LogP contribution < -0.4 is 15.0 Å². The minimum Gasteiger partial charge on any atom is -0.497 e. The van der Waals surface area contributed by atoms with Gasteiger partial charge in [-0.25, -0.2) is 4.98 Å². The minimum absolute atomic E-state index is 0.174. The molecule has 7 heteroatoms. The topological polar surface area (TPSA) is 73.4 Å². The summed E-state index contributed by atoms with van der Waals surface area (Å²) in [5.41, 5.74) is 3.52. The monoisotopic (exact) mass is 468 g/mol. The maximum absolute atomic E-state index is 12.6. The van der Waals surface area contributed by atoms with E-state index in [1.807, 2.05) is 26.0 Å². The third-order valence-electron chi connectivity index (χ3n) is 5.43. The number of hydrogen-bond donors (Lipinski definition) is 1. The van der Waals surface area contributed by atoms with E-state index in [1.165, 1.54) is 0 Å². The molecule has 0 unspecified atom stereocenters. The molecule has 1 N–H and O–H groups in total. The van der Waals surface area contributed by atoms with Crippen molar-refractivity contribution in [2.24, 2.45) is 5.41 Å². The van der Waals surface area contributed by atoms with Gasteiger partial charge >= 0.3 is 0 Å². The third-order valence-corrected chi connectivity index (χ3v) is 8.32. The van der Waals surface area contributed by atoms with E-state index < -0.39 is 8.32 Å². The van der Waals surface area contributed by atoms with E-state index in [9.17, 15) is 4.79 Å². The van der Waals surface area contributed by atoms with Crippen molar-refractivity contribution in [2.45, 2.75) is 53.8 Å². The van der Waals surface area contributed by atoms with Gasteiger partial charge in [0, 0.05) is 11.6 Å². The number of rotatable bonds is 8. The molecule has 0 fully saturated rings. The van der Waals surface area contributed by atoms with Crippen molar-refractivity contribution < 1.29 is 13.9 Å². The largest absolute Gasteiger partial charge is 0.497 e. The lowest BCUT2D eigenvalue weighted by Gasteiger charge is -2.30. The lowest BCUT2D eigenvalue weighted by Crippen LogP contribution is -2.36. The predicted octanol–water partition coefficient (Wildman–Crippen LogP) is 5.86. The molecule has 1 aromatic heterocycles. The molecule has 0 aliphatic rings. The van der Waals surface area contributed by atoms with Crippen LogP contribution in [-0.2, 0) is 4.43 Å². The minimum atomic E-state index is -1.72. The molecule has 0 bridgehead atoms. The number of H-pyrrole nitrogens is 1. The van der Waals surface area contributed by atoms with Gasteiger partial charge in [-0.15, -0.1) is 0 Å². The number of methoxy groups -OCH3 is 1. The average molecular weight is 469 g/mol. The molecule has 0 amide bonds. The number of benzene rings is 2. The first kappa shape index (κ1) is 25.0. The van der Waals surface area contributed by atoms with Gasteiger partial charge in [0.05, 0.1) is 24.6 Å². The van der Waals surface area contributed by atoms with Gasteiger partial charge in [-0.1, -0.05) is 20.8 Å². The summed E-state index contributed by atoms with van der Waals surface area (Å²) in [7, 11) is -0.126. The summed E-state index contributed by atoms with van der Waals surface area (Å²) in [4.78, 5) is 20.1. The van der Waals surface area contributed by atoms with Crippen molar-refractivity contribution >= 4 is 19.2 Å². The van der Waals surface area contributed by atoms with E-state index in [0.29, 0.717) is 35.7 Å². The van der Waals surface area contributed by atoms with Crippen molar-refractivity contribution in [2.75, 3.05) is 20.3 Å². The molecule has 0 aliphatic heterocycles. The Morgan fingerprint density at radius 1 is 1.03 bits per heavy atom. The molecule has 6 nitrogen and oxygen atoms in total. The predicted molar refractivity (Wildman–Crippen MR) is 137 cm³/mol. The van der Waals surface area contributed by atoms with Crippen LogP contribution in [-0.4, -0.2) is 38.6 Å². The highest BCUT2D eigenvalue weighted by molar-refractivity contribution is 6.71. The second-order valence-corrected chi connectivity index (χ2v) is 14.6. The second kappa shape index (κ2) is 9.69. The molecule has 0 atom stereocenters. The van der Waals surface area contributed by atoms with Crippen molar-refractivity contribution in [3.05, 3.63) is 51.8 Å². The Hall–Kier alpha value is -2.64. The van der Waals surface area contributed by atoms with Crippen LogP contribution in [0.25, 0.3) is 22.3 Å². The van der Waals surface area contributed by atoms with Crippen LogP contribution in [0.5, 0.6) is 11.5 Å². The van der Waals surface area contributed by atoms with Gasteiger partial charge in [-0.2, -0.15) is 0 Å². The van der Waals surface area contributed by atoms with Crippen molar-refractivity contribution in [3.63, 3.8) is 0 Å². The van der Waals surface area contributed by atoms with Gasteiger partial charge in [0.25, 0.3) is 5.56 Å². The second-order valence-electron chi connectivity index (χ2n) is 10.4. The first-order valence-electron chi connectivity index (χ1n) is 11.3. The number of aromatic amines is 1. The van der Waals surface area contributed by atoms with Gasteiger partial charge in [0.1, 0.15) is 23.9 Å². The first-order chi connectivity index (χ1) is 15.4. The highest BCUT2D eigenvalue weighted by atomic mass is 28.4. The fraction of sp³-hybridized carbons (Fsp3) is 0.462. The van der Waals surface area contributed by atoms with E-state index >= 15 is 0 Å². The van der Waals surface area contributed by atoms with E-state index in [4.69, 9.17) is 13.9 Å². The third kappa shape index (κ3) is 6.45. The van der Waals surface area contributed by atoms with Crippen LogP contribution in [0, 0.1) is 19.3 Å². The van der Waals surface area contributed by atoms with Crippen LogP contribution in [0.4, 0.5) is 0 Å². The zero-order valence-electron chi connectivity index (χ0n) is 21.1. The summed E-state index contributed by atoms with van der Waals surface area (Å²) in [6.07, 6.45) is 0. The normalized spacial score (nSPS) is 12.2. The fourth-order valence-corrected chi connectivity index (χ4v) is 7.78. The highest BCUT2D eigenvalue weighted by Crippen LogP contribution is 2.30. The summed E-state index contributed by atoms with van der Waals surface area (Å²) in [6.45, 7) is 16.4. The van der Waals surface area contributed by atoms with Crippen molar-refractivity contribution in [1.82, 2.24) is 9.97 Å². The van der Waals surface area contributed by atoms with Gasteiger partial charge in [0.2, 0.25) is 0 Å². The number of ether oxygens (including phenoxy) is 2. The molecular formula is C26H36N2O4Si.